The first-order valence-corrected chi connectivity index (χ1v) is 33.0. The Morgan fingerprint density at radius 2 is 0.537 bits per heavy atom. The summed E-state index contributed by atoms with van der Waals surface area (Å²) < 4.78 is 10.7. The monoisotopic (exact) mass is 1100 g/mol. The molecule has 1 unspecified atom stereocenters. The maximum atomic E-state index is 12.4. The Kier molecular flexibility index (Phi) is 64.9. The second-order valence-electron chi connectivity index (χ2n) is 21.5. The molecular weight excluding hydrogens is 981 g/mol. The van der Waals surface area contributed by atoms with E-state index in [9.17, 15) is 14.7 Å². The third kappa shape index (κ3) is 66.0. The quantitative estimate of drug-likeness (QED) is 0.0373. The Hall–Kier alpha value is -4.48. The first kappa shape index (κ1) is 75.5. The van der Waals surface area contributed by atoms with Crippen molar-refractivity contribution in [1.82, 2.24) is 0 Å². The fraction of sp³-hybridized carbons (Fsp3) is 0.627. The summed E-state index contributed by atoms with van der Waals surface area (Å²) in [7, 11) is 0. The minimum absolute atomic E-state index is 0.0771. The molecule has 0 aromatic carbocycles. The highest BCUT2D eigenvalue weighted by atomic mass is 16.6. The number of carbonyl (C=O) groups is 2. The summed E-state index contributed by atoms with van der Waals surface area (Å²) in [6, 6.07) is 0. The van der Waals surface area contributed by atoms with Crippen LogP contribution in [0.15, 0.2) is 158 Å². The normalized spacial score (nSPS) is 13.3. The van der Waals surface area contributed by atoms with Crippen LogP contribution in [0.4, 0.5) is 0 Å². The van der Waals surface area contributed by atoms with Gasteiger partial charge in [0.1, 0.15) is 6.61 Å². The van der Waals surface area contributed by atoms with Gasteiger partial charge in [-0.25, -0.2) is 0 Å². The highest BCUT2D eigenvalue weighted by Gasteiger charge is 2.16. The fourth-order valence-electron chi connectivity index (χ4n) is 8.89. The van der Waals surface area contributed by atoms with Crippen LogP contribution >= 0.6 is 0 Å². The summed E-state index contributed by atoms with van der Waals surface area (Å²) in [5.41, 5.74) is 0. The van der Waals surface area contributed by atoms with E-state index in [4.69, 9.17) is 9.47 Å². The molecule has 0 aliphatic rings. The molecule has 0 aromatic heterocycles. The van der Waals surface area contributed by atoms with Gasteiger partial charge >= 0.3 is 11.9 Å². The standard InChI is InChI=1S/C75H122O5/c1-3-5-7-9-11-13-15-17-19-21-23-25-27-29-30-31-32-33-34-35-36-37-38-39-40-41-42-43-44-46-48-50-52-54-56-58-60-62-64-66-68-70-75(78)80-73(71-76)72-79-74(77)69-67-65-63-61-59-57-55-53-51-49-47-45-28-26-24-22-20-18-16-14-12-10-8-6-4-2/h5,7,11,13,16-19,22-25,28-30,32-33,35-36,38-39,41-42,44-46,73,76H,3-4,6,8-10,12,14-15,20-21,26-27,31,34,37,40,43,47-72H2,1-2H3/b7-5-,13-11-,18-16-,19-17-,24-22-,25-23-,30-29-,33-32-,36-35-,39-38-,42-41-,45-28-,46-44-. The molecule has 5 heteroatoms. The molecule has 452 valence electrons. The number of rotatable bonds is 59. The average Bonchev–Trinajstić information content (AvgIpc) is 3.46. The summed E-state index contributed by atoms with van der Waals surface area (Å²) in [5, 5.41) is 9.69. The number of carbonyl (C=O) groups excluding carboxylic acids is 2. The van der Waals surface area contributed by atoms with E-state index in [1.54, 1.807) is 0 Å². The first-order chi connectivity index (χ1) is 39.6. The molecule has 0 aliphatic carbocycles. The van der Waals surface area contributed by atoms with Crippen molar-refractivity contribution in [2.75, 3.05) is 13.2 Å². The zero-order valence-corrected chi connectivity index (χ0v) is 51.8. The Labute approximate surface area is 494 Å². The first-order valence-electron chi connectivity index (χ1n) is 33.0. The lowest BCUT2D eigenvalue weighted by Gasteiger charge is -2.15. The third-order valence-electron chi connectivity index (χ3n) is 13.8. The molecule has 0 bridgehead atoms. The Balaban J connectivity index is 3.58. The maximum absolute atomic E-state index is 12.4. The number of ether oxygens (including phenoxy) is 2. The van der Waals surface area contributed by atoms with Crippen LogP contribution in [-0.2, 0) is 19.1 Å². The van der Waals surface area contributed by atoms with E-state index in [0.717, 1.165) is 116 Å². The summed E-state index contributed by atoms with van der Waals surface area (Å²) in [6.07, 6.45) is 105. The molecule has 80 heavy (non-hydrogen) atoms. The van der Waals surface area contributed by atoms with E-state index in [-0.39, 0.29) is 25.2 Å². The summed E-state index contributed by atoms with van der Waals surface area (Å²) >= 11 is 0. The smallest absolute Gasteiger partial charge is 0.306 e. The highest BCUT2D eigenvalue weighted by Crippen LogP contribution is 2.15. The highest BCUT2D eigenvalue weighted by molar-refractivity contribution is 5.70. The van der Waals surface area contributed by atoms with Crippen molar-refractivity contribution >= 4 is 11.9 Å². The van der Waals surface area contributed by atoms with Crippen molar-refractivity contribution in [1.29, 1.82) is 0 Å². The van der Waals surface area contributed by atoms with Gasteiger partial charge in [0.2, 0.25) is 0 Å². The zero-order chi connectivity index (χ0) is 57.6. The lowest BCUT2D eigenvalue weighted by molar-refractivity contribution is -0.161. The molecular formula is C75H122O5. The maximum Gasteiger partial charge on any atom is 0.306 e. The number of esters is 2. The predicted molar refractivity (Wildman–Crippen MR) is 352 cm³/mol. The SMILES string of the molecule is CC/C=C\C/C=C\C/C=C\C/C=C\C/C=C\C/C=C\C/C=C\C/C=C\C/C=C\C/C=C\CCCCCCCCCCCCC(=O)OC(CO)COC(=O)CCCCCCCCCCCC/C=C\C/C=C\C/C=C\CCCCCCC. The molecule has 5 nitrogen and oxygen atoms in total. The topological polar surface area (TPSA) is 72.8 Å². The predicted octanol–water partition coefficient (Wildman–Crippen LogP) is 23.1. The van der Waals surface area contributed by atoms with Crippen molar-refractivity contribution in [2.24, 2.45) is 0 Å². The van der Waals surface area contributed by atoms with Gasteiger partial charge in [-0.3, -0.25) is 9.59 Å². The van der Waals surface area contributed by atoms with Crippen LogP contribution in [0, 0.1) is 0 Å². The zero-order valence-electron chi connectivity index (χ0n) is 51.8. The van der Waals surface area contributed by atoms with Crippen molar-refractivity contribution in [3.8, 4) is 0 Å². The Bertz CT molecular complexity index is 1730. The van der Waals surface area contributed by atoms with E-state index in [1.807, 2.05) is 0 Å². The number of hydrogen-bond donors (Lipinski definition) is 1. The molecule has 0 spiro atoms. The molecule has 0 fully saturated rings. The fourth-order valence-corrected chi connectivity index (χ4v) is 8.89. The molecule has 0 saturated heterocycles. The van der Waals surface area contributed by atoms with Crippen LogP contribution in [0.2, 0.25) is 0 Å². The molecule has 0 aliphatic heterocycles. The summed E-state index contributed by atoms with van der Waals surface area (Å²) in [6.45, 7) is 4.02. The molecule has 0 radical (unpaired) electrons. The van der Waals surface area contributed by atoms with Gasteiger partial charge in [-0.05, 0) is 128 Å². The second-order valence-corrected chi connectivity index (χ2v) is 21.5. The Morgan fingerprint density at radius 1 is 0.300 bits per heavy atom. The molecule has 1 N–H and O–H groups in total. The lowest BCUT2D eigenvalue weighted by Crippen LogP contribution is -2.28. The van der Waals surface area contributed by atoms with E-state index in [0.29, 0.717) is 12.8 Å². The van der Waals surface area contributed by atoms with Gasteiger partial charge in [-0.1, -0.05) is 300 Å². The van der Waals surface area contributed by atoms with E-state index < -0.39 is 6.10 Å². The van der Waals surface area contributed by atoms with E-state index in [1.165, 1.54) is 141 Å². The van der Waals surface area contributed by atoms with Crippen LogP contribution in [0.3, 0.4) is 0 Å². The van der Waals surface area contributed by atoms with Crippen LogP contribution in [0.1, 0.15) is 284 Å². The molecule has 0 saturated carbocycles. The molecule has 0 heterocycles. The van der Waals surface area contributed by atoms with E-state index in [2.05, 4.69) is 172 Å². The van der Waals surface area contributed by atoms with Crippen LogP contribution in [-0.4, -0.2) is 36.4 Å². The van der Waals surface area contributed by atoms with Gasteiger partial charge in [0.05, 0.1) is 6.61 Å². The van der Waals surface area contributed by atoms with Crippen molar-refractivity contribution in [2.45, 2.75) is 290 Å². The van der Waals surface area contributed by atoms with Gasteiger partial charge in [-0.15, -0.1) is 0 Å². The van der Waals surface area contributed by atoms with E-state index >= 15 is 0 Å². The third-order valence-corrected chi connectivity index (χ3v) is 13.8. The number of unbranched alkanes of at least 4 members (excludes halogenated alkanes) is 25. The van der Waals surface area contributed by atoms with Gasteiger partial charge in [-0.2, -0.15) is 0 Å². The largest absolute Gasteiger partial charge is 0.462 e. The number of aliphatic hydroxyl groups is 1. The van der Waals surface area contributed by atoms with Crippen LogP contribution in [0.5, 0.6) is 0 Å². The van der Waals surface area contributed by atoms with Crippen molar-refractivity contribution in [3.05, 3.63) is 158 Å². The van der Waals surface area contributed by atoms with Gasteiger partial charge in [0.15, 0.2) is 6.10 Å². The number of aliphatic hydroxyl groups excluding tert-OH is 1. The molecule has 0 amide bonds. The second kappa shape index (κ2) is 68.8. The van der Waals surface area contributed by atoms with Crippen LogP contribution < -0.4 is 0 Å². The summed E-state index contributed by atoms with van der Waals surface area (Å²) in [4.78, 5) is 24.6. The summed E-state index contributed by atoms with van der Waals surface area (Å²) in [5.74, 6) is -0.603. The van der Waals surface area contributed by atoms with Gasteiger partial charge < -0.3 is 14.6 Å². The molecule has 0 rings (SSSR count). The molecule has 0 aromatic rings. The minimum Gasteiger partial charge on any atom is -0.462 e. The average molecular weight is 1100 g/mol. The lowest BCUT2D eigenvalue weighted by atomic mass is 10.0. The number of hydrogen-bond acceptors (Lipinski definition) is 5. The minimum atomic E-state index is -0.788. The van der Waals surface area contributed by atoms with Crippen LogP contribution in [0.25, 0.3) is 0 Å². The molecule has 1 atom stereocenters. The van der Waals surface area contributed by atoms with Crippen molar-refractivity contribution < 1.29 is 24.2 Å². The Morgan fingerprint density at radius 3 is 0.812 bits per heavy atom. The van der Waals surface area contributed by atoms with Crippen molar-refractivity contribution in [3.63, 3.8) is 0 Å². The van der Waals surface area contributed by atoms with Gasteiger partial charge in [0.25, 0.3) is 0 Å². The van der Waals surface area contributed by atoms with Gasteiger partial charge in [0, 0.05) is 12.8 Å². The number of allylic oxidation sites excluding steroid dienone is 26.